The van der Waals surface area contributed by atoms with Crippen LogP contribution in [0.15, 0.2) is 40.7 Å². The number of nitrogens with zero attached hydrogens (tertiary/aromatic N) is 1. The zero-order valence-electron chi connectivity index (χ0n) is 7.69. The molecule has 4 heteroatoms. The zero-order valence-corrected chi connectivity index (χ0v) is 8.50. The highest BCUT2D eigenvalue weighted by atomic mass is 32.2. The van der Waals surface area contributed by atoms with Gasteiger partial charge >= 0.3 is 0 Å². The third kappa shape index (κ3) is 1.11. The van der Waals surface area contributed by atoms with Crippen molar-refractivity contribution in [2.75, 3.05) is 0 Å². The van der Waals surface area contributed by atoms with Gasteiger partial charge in [-0.3, -0.25) is 0 Å². The van der Waals surface area contributed by atoms with E-state index in [-0.39, 0.29) is 9.94 Å². The molecule has 0 aliphatic carbocycles. The molecular formula is C10H9NO2S. The van der Waals surface area contributed by atoms with Gasteiger partial charge in [0.2, 0.25) is 9.84 Å². The molecule has 0 fully saturated rings. The Morgan fingerprint density at radius 1 is 1.43 bits per heavy atom. The predicted molar refractivity (Wildman–Crippen MR) is 55.7 cm³/mol. The summed E-state index contributed by atoms with van der Waals surface area (Å²) in [6.45, 7) is 5.28. The molecule has 1 heterocycles. The van der Waals surface area contributed by atoms with E-state index in [0.29, 0.717) is 5.69 Å². The monoisotopic (exact) mass is 207 g/mol. The fraction of sp³-hybridized carbons (Fsp3) is 0.100. The largest absolute Gasteiger partial charge is 0.235 e. The summed E-state index contributed by atoms with van der Waals surface area (Å²) >= 11 is 0. The van der Waals surface area contributed by atoms with E-state index in [1.807, 2.05) is 13.0 Å². The van der Waals surface area contributed by atoms with Crippen molar-refractivity contribution in [2.45, 2.75) is 11.8 Å². The summed E-state index contributed by atoms with van der Waals surface area (Å²) in [6, 6.07) is 5.17. The Kier molecular flexibility index (Phi) is 1.82. The van der Waals surface area contributed by atoms with Crippen molar-refractivity contribution in [3.8, 4) is 0 Å². The van der Waals surface area contributed by atoms with Crippen LogP contribution in [0.4, 0.5) is 5.69 Å². The van der Waals surface area contributed by atoms with E-state index in [0.717, 1.165) is 5.56 Å². The van der Waals surface area contributed by atoms with E-state index in [1.165, 1.54) is 6.08 Å². The van der Waals surface area contributed by atoms with Gasteiger partial charge in [0, 0.05) is 0 Å². The second kappa shape index (κ2) is 2.78. The lowest BCUT2D eigenvalue weighted by Crippen LogP contribution is -2.07. The molecule has 0 saturated carbocycles. The number of fused-ring (bicyclic) bond motifs is 1. The van der Waals surface area contributed by atoms with E-state index in [4.69, 9.17) is 0 Å². The first kappa shape index (κ1) is 9.15. The molecule has 14 heavy (non-hydrogen) atoms. The van der Waals surface area contributed by atoms with Gasteiger partial charge in [-0.2, -0.15) is 0 Å². The number of benzene rings is 1. The van der Waals surface area contributed by atoms with Crippen LogP contribution >= 0.6 is 0 Å². The second-order valence-corrected chi connectivity index (χ2v) is 4.99. The Hall–Kier alpha value is -1.42. The first-order valence-electron chi connectivity index (χ1n) is 4.12. The highest BCUT2D eigenvalue weighted by Gasteiger charge is 2.29. The summed E-state index contributed by atoms with van der Waals surface area (Å²) < 4.78 is 23.5. The van der Waals surface area contributed by atoms with Gasteiger partial charge < -0.3 is 0 Å². The predicted octanol–water partition coefficient (Wildman–Crippen LogP) is 2.00. The van der Waals surface area contributed by atoms with E-state index in [2.05, 4.69) is 11.6 Å². The van der Waals surface area contributed by atoms with Crippen LogP contribution in [0.2, 0.25) is 0 Å². The van der Waals surface area contributed by atoms with Crippen LogP contribution in [0.25, 0.3) is 0 Å². The smallest absolute Gasteiger partial charge is 0.225 e. The van der Waals surface area contributed by atoms with Crippen LogP contribution in [0.5, 0.6) is 0 Å². The second-order valence-electron chi connectivity index (χ2n) is 3.13. The lowest BCUT2D eigenvalue weighted by atomic mass is 10.2. The van der Waals surface area contributed by atoms with Crippen LogP contribution in [0.1, 0.15) is 5.56 Å². The number of sulfone groups is 1. The Morgan fingerprint density at radius 2 is 2.14 bits per heavy atom. The number of aliphatic imine (C=N–C) groups is 1. The van der Waals surface area contributed by atoms with E-state index in [1.54, 1.807) is 12.1 Å². The molecule has 0 spiro atoms. The summed E-state index contributed by atoms with van der Waals surface area (Å²) in [4.78, 5) is 4.26. The van der Waals surface area contributed by atoms with Crippen molar-refractivity contribution < 1.29 is 8.42 Å². The van der Waals surface area contributed by atoms with Crippen LogP contribution in [-0.4, -0.2) is 13.5 Å². The lowest BCUT2D eigenvalue weighted by Gasteiger charge is -1.98. The molecule has 1 aromatic rings. The molecule has 0 N–H and O–H groups in total. The molecule has 1 aromatic carbocycles. The molecule has 0 radical (unpaired) electrons. The molecule has 3 nitrogen and oxygen atoms in total. The topological polar surface area (TPSA) is 46.5 Å². The fourth-order valence-corrected chi connectivity index (χ4v) is 2.77. The van der Waals surface area contributed by atoms with Gasteiger partial charge in [0.1, 0.15) is 0 Å². The minimum atomic E-state index is -3.39. The summed E-state index contributed by atoms with van der Waals surface area (Å²) in [5, 5.41) is 0.0399. The van der Waals surface area contributed by atoms with Crippen molar-refractivity contribution >= 4 is 20.6 Å². The Labute approximate surface area is 82.7 Å². The summed E-state index contributed by atoms with van der Waals surface area (Å²) in [5.41, 5.74) is 1.42. The van der Waals surface area contributed by atoms with Gasteiger partial charge in [0.05, 0.1) is 10.6 Å². The van der Waals surface area contributed by atoms with Crippen molar-refractivity contribution in [1.29, 1.82) is 0 Å². The molecule has 0 unspecified atom stereocenters. The molecule has 1 aliphatic heterocycles. The zero-order chi connectivity index (χ0) is 10.3. The first-order valence-corrected chi connectivity index (χ1v) is 5.61. The van der Waals surface area contributed by atoms with Crippen LogP contribution in [-0.2, 0) is 9.84 Å². The highest BCUT2D eigenvalue weighted by Crippen LogP contribution is 2.33. The molecule has 0 saturated heterocycles. The normalized spacial score (nSPS) is 17.4. The van der Waals surface area contributed by atoms with Crippen molar-refractivity contribution in [3.63, 3.8) is 0 Å². The Balaban J connectivity index is 2.77. The van der Waals surface area contributed by atoms with E-state index in [9.17, 15) is 8.42 Å². The van der Waals surface area contributed by atoms with Crippen LogP contribution in [0, 0.1) is 6.92 Å². The van der Waals surface area contributed by atoms with E-state index >= 15 is 0 Å². The highest BCUT2D eigenvalue weighted by molar-refractivity contribution is 8.07. The average molecular weight is 207 g/mol. The SMILES string of the molecule is C=CC1=Nc2ccc(C)cc2S1(=O)=O. The average Bonchev–Trinajstić information content (AvgIpc) is 2.38. The molecule has 0 bridgehead atoms. The minimum Gasteiger partial charge on any atom is -0.235 e. The van der Waals surface area contributed by atoms with Crippen LogP contribution < -0.4 is 0 Å². The summed E-state index contributed by atoms with van der Waals surface area (Å²) in [5.74, 6) is 0. The molecule has 0 amide bonds. The Morgan fingerprint density at radius 3 is 2.79 bits per heavy atom. The standard InChI is InChI=1S/C10H9NO2S/c1-3-10-11-8-5-4-7(2)6-9(8)14(10,12)13/h3-6H,1H2,2H3. The van der Waals surface area contributed by atoms with Crippen molar-refractivity contribution in [1.82, 2.24) is 0 Å². The Bertz CT molecular complexity index is 541. The van der Waals surface area contributed by atoms with Gasteiger partial charge in [0.25, 0.3) is 0 Å². The van der Waals surface area contributed by atoms with E-state index < -0.39 is 9.84 Å². The molecule has 1 aliphatic rings. The molecular weight excluding hydrogens is 198 g/mol. The molecule has 0 atom stereocenters. The quantitative estimate of drug-likeness (QED) is 0.707. The number of aryl methyl sites for hydroxylation is 1. The third-order valence-corrected chi connectivity index (χ3v) is 3.80. The van der Waals surface area contributed by atoms with Gasteiger partial charge in [-0.25, -0.2) is 13.4 Å². The number of rotatable bonds is 1. The van der Waals surface area contributed by atoms with Gasteiger partial charge in [-0.15, -0.1) is 0 Å². The number of hydrogen-bond donors (Lipinski definition) is 0. The minimum absolute atomic E-state index is 0.0399. The van der Waals surface area contributed by atoms with Gasteiger partial charge in [0.15, 0.2) is 5.04 Å². The summed E-state index contributed by atoms with van der Waals surface area (Å²) in [7, 11) is -3.39. The molecule has 72 valence electrons. The lowest BCUT2D eigenvalue weighted by molar-refractivity contribution is 0.608. The fourth-order valence-electron chi connectivity index (χ4n) is 1.38. The maximum Gasteiger partial charge on any atom is 0.225 e. The summed E-state index contributed by atoms with van der Waals surface area (Å²) in [6.07, 6.45) is 1.27. The maximum atomic E-state index is 11.8. The number of hydrogen-bond acceptors (Lipinski definition) is 3. The van der Waals surface area contributed by atoms with Gasteiger partial charge in [-0.05, 0) is 30.7 Å². The van der Waals surface area contributed by atoms with Crippen molar-refractivity contribution in [2.24, 2.45) is 4.99 Å². The van der Waals surface area contributed by atoms with Crippen molar-refractivity contribution in [3.05, 3.63) is 36.4 Å². The van der Waals surface area contributed by atoms with Gasteiger partial charge in [-0.1, -0.05) is 12.6 Å². The third-order valence-electron chi connectivity index (χ3n) is 2.09. The molecule has 0 aromatic heterocycles. The maximum absolute atomic E-state index is 11.8. The first-order chi connectivity index (χ1) is 6.55. The molecule has 2 rings (SSSR count). The van der Waals surface area contributed by atoms with Crippen LogP contribution in [0.3, 0.4) is 0 Å².